The lowest BCUT2D eigenvalue weighted by molar-refractivity contribution is -0.0714. The highest BCUT2D eigenvalue weighted by Crippen LogP contribution is 2.41. The van der Waals surface area contributed by atoms with E-state index < -0.39 is 0 Å². The van der Waals surface area contributed by atoms with Gasteiger partial charge in [0.05, 0.1) is 12.2 Å². The van der Waals surface area contributed by atoms with Gasteiger partial charge >= 0.3 is 0 Å². The van der Waals surface area contributed by atoms with Crippen LogP contribution in [0, 0.1) is 24.6 Å². The molecule has 0 aromatic heterocycles. The fourth-order valence-corrected chi connectivity index (χ4v) is 4.83. The lowest BCUT2D eigenvalue weighted by Gasteiger charge is -2.42. The Balaban J connectivity index is 0.00000160. The first kappa shape index (κ1) is 25.3. The predicted octanol–water partition coefficient (Wildman–Crippen LogP) is 4.41. The van der Waals surface area contributed by atoms with Crippen molar-refractivity contribution in [3.8, 4) is 5.75 Å². The summed E-state index contributed by atoms with van der Waals surface area (Å²) < 4.78 is 19.7. The van der Waals surface area contributed by atoms with Crippen LogP contribution in [0.25, 0.3) is 0 Å². The van der Waals surface area contributed by atoms with Gasteiger partial charge in [-0.3, -0.25) is 0 Å². The van der Waals surface area contributed by atoms with Gasteiger partial charge in [0.15, 0.2) is 0 Å². The number of ether oxygens (including phenoxy) is 1. The Labute approximate surface area is 198 Å². The molecule has 1 saturated heterocycles. The molecular weight excluding hydrogens is 515 g/mol. The van der Waals surface area contributed by atoms with Crippen LogP contribution in [0.15, 0.2) is 36.4 Å². The van der Waals surface area contributed by atoms with Crippen LogP contribution in [0.2, 0.25) is 0 Å². The third-order valence-corrected chi connectivity index (χ3v) is 6.38. The summed E-state index contributed by atoms with van der Waals surface area (Å²) in [4.78, 5) is 0. The van der Waals surface area contributed by atoms with Gasteiger partial charge in [-0.2, -0.15) is 0 Å². The van der Waals surface area contributed by atoms with Gasteiger partial charge in [-0.05, 0) is 73.5 Å². The van der Waals surface area contributed by atoms with Crippen LogP contribution in [-0.2, 0) is 17.6 Å². The maximum absolute atomic E-state index is 13.3. The van der Waals surface area contributed by atoms with Crippen molar-refractivity contribution in [2.24, 2.45) is 17.6 Å². The quantitative estimate of drug-likeness (QED) is 0.532. The number of nitrogens with one attached hydrogen (secondary N) is 1. The van der Waals surface area contributed by atoms with Gasteiger partial charge in [-0.15, -0.1) is 34.0 Å². The van der Waals surface area contributed by atoms with Crippen LogP contribution >= 0.6 is 34.0 Å². The third kappa shape index (κ3) is 5.25. The molecule has 4 nitrogen and oxygen atoms in total. The molecule has 0 radical (unpaired) electrons. The summed E-state index contributed by atoms with van der Waals surface area (Å²) in [5.74, 6) is 0.948. The molecular formula is C23H31Br2FN2O2. The molecule has 2 aromatic carbocycles. The van der Waals surface area contributed by atoms with Crippen molar-refractivity contribution < 1.29 is 14.2 Å². The summed E-state index contributed by atoms with van der Waals surface area (Å²) in [6.07, 6.45) is 2.47. The van der Waals surface area contributed by atoms with Crippen molar-refractivity contribution in [1.82, 2.24) is 5.32 Å². The van der Waals surface area contributed by atoms with Crippen LogP contribution in [0.3, 0.4) is 0 Å². The number of halogens is 3. The average molecular weight is 546 g/mol. The molecule has 0 amide bonds. The van der Waals surface area contributed by atoms with Crippen molar-refractivity contribution in [2.75, 3.05) is 19.6 Å². The van der Waals surface area contributed by atoms with Crippen LogP contribution in [0.4, 0.5) is 4.39 Å². The van der Waals surface area contributed by atoms with Crippen LogP contribution in [-0.4, -0.2) is 30.8 Å². The van der Waals surface area contributed by atoms with E-state index in [2.05, 4.69) is 5.32 Å². The minimum absolute atomic E-state index is 0. The summed E-state index contributed by atoms with van der Waals surface area (Å²) in [5, 5.41) is 14.2. The second-order valence-electron chi connectivity index (χ2n) is 8.15. The van der Waals surface area contributed by atoms with E-state index in [1.54, 1.807) is 0 Å². The highest BCUT2D eigenvalue weighted by molar-refractivity contribution is 8.93. The molecule has 4 rings (SSSR count). The lowest BCUT2D eigenvalue weighted by atomic mass is 9.75. The summed E-state index contributed by atoms with van der Waals surface area (Å²) in [5.41, 5.74) is 10.1. The number of phenolic OH excluding ortho intramolecular Hbond substituents is 1. The average Bonchev–Trinajstić information content (AvgIpc) is 2.72. The summed E-state index contributed by atoms with van der Waals surface area (Å²) in [6.45, 7) is 4.21. The summed E-state index contributed by atoms with van der Waals surface area (Å²) in [6, 6.07) is 10.8. The van der Waals surface area contributed by atoms with E-state index in [1.165, 1.54) is 12.1 Å². The van der Waals surface area contributed by atoms with Crippen molar-refractivity contribution in [1.29, 1.82) is 0 Å². The Morgan fingerprint density at radius 3 is 2.60 bits per heavy atom. The van der Waals surface area contributed by atoms with Gasteiger partial charge in [-0.25, -0.2) is 4.39 Å². The fraction of sp³-hybridized carbons (Fsp3) is 0.478. The number of piperidine rings is 1. The topological polar surface area (TPSA) is 67.5 Å². The molecule has 0 saturated carbocycles. The first-order valence-corrected chi connectivity index (χ1v) is 10.2. The minimum Gasteiger partial charge on any atom is -0.507 e. The Hall–Kier alpha value is -0.990. The molecule has 2 aromatic rings. The monoisotopic (exact) mass is 544 g/mol. The van der Waals surface area contributed by atoms with Crippen molar-refractivity contribution in [2.45, 2.75) is 38.4 Å². The van der Waals surface area contributed by atoms with Gasteiger partial charge in [0.1, 0.15) is 11.6 Å². The van der Waals surface area contributed by atoms with Crippen LogP contribution < -0.4 is 11.1 Å². The fourth-order valence-electron chi connectivity index (χ4n) is 4.83. The lowest BCUT2D eigenvalue weighted by Crippen LogP contribution is -2.46. The number of aromatic hydroxyl groups is 1. The molecule has 4 N–H and O–H groups in total. The SMILES string of the molecule is Br.Br.Cc1ccc2c(c1O)CC(C1CCNCC1Cc1ccc(F)cc1)OC2CN. The smallest absolute Gasteiger partial charge is 0.123 e. The van der Waals surface area contributed by atoms with Crippen LogP contribution in [0.5, 0.6) is 5.75 Å². The first-order chi connectivity index (χ1) is 13.6. The Morgan fingerprint density at radius 1 is 1.17 bits per heavy atom. The van der Waals surface area contributed by atoms with Gasteiger partial charge in [0, 0.05) is 18.5 Å². The molecule has 2 aliphatic heterocycles. The number of aryl methyl sites for hydroxylation is 1. The molecule has 4 atom stereocenters. The Kier molecular flexibility index (Phi) is 9.31. The molecule has 0 bridgehead atoms. The number of phenols is 1. The maximum atomic E-state index is 13.3. The number of benzene rings is 2. The second-order valence-corrected chi connectivity index (χ2v) is 8.15. The standard InChI is InChI=1S/C23H29FN2O2.2BrH/c1-14-2-7-19-20(23(14)27)11-21(28-22(19)12-25)18-8-9-26-13-16(18)10-15-3-5-17(24)6-4-15;;/h2-7,16,18,21-22,26-27H,8-13,25H2,1H3;2*1H. The van der Waals surface area contributed by atoms with E-state index in [0.717, 1.165) is 48.2 Å². The molecule has 2 aliphatic rings. The second kappa shape index (κ2) is 11.0. The van der Waals surface area contributed by atoms with Crippen molar-refractivity contribution in [3.63, 3.8) is 0 Å². The van der Waals surface area contributed by atoms with Gasteiger partial charge in [0.25, 0.3) is 0 Å². The van der Waals surface area contributed by atoms with Gasteiger partial charge in [0.2, 0.25) is 0 Å². The molecule has 1 fully saturated rings. The zero-order valence-corrected chi connectivity index (χ0v) is 20.6. The van der Waals surface area contributed by atoms with E-state index in [9.17, 15) is 9.50 Å². The summed E-state index contributed by atoms with van der Waals surface area (Å²) >= 11 is 0. The molecule has 30 heavy (non-hydrogen) atoms. The normalized spacial score (nSPS) is 25.6. The van der Waals surface area contributed by atoms with Crippen LogP contribution in [0.1, 0.15) is 34.8 Å². The highest BCUT2D eigenvalue weighted by Gasteiger charge is 2.38. The predicted molar refractivity (Wildman–Crippen MR) is 128 cm³/mol. The number of fused-ring (bicyclic) bond motifs is 1. The molecule has 7 heteroatoms. The van der Waals surface area contributed by atoms with E-state index in [-0.39, 0.29) is 52.0 Å². The van der Waals surface area contributed by atoms with Gasteiger partial charge in [-0.1, -0.05) is 24.3 Å². The van der Waals surface area contributed by atoms with E-state index >= 15 is 0 Å². The van der Waals surface area contributed by atoms with Crippen molar-refractivity contribution >= 4 is 34.0 Å². The highest BCUT2D eigenvalue weighted by atomic mass is 79.9. The van der Waals surface area contributed by atoms with Crippen molar-refractivity contribution in [3.05, 3.63) is 64.5 Å². The zero-order valence-electron chi connectivity index (χ0n) is 17.1. The maximum Gasteiger partial charge on any atom is 0.123 e. The molecule has 4 unspecified atom stereocenters. The van der Waals surface area contributed by atoms with Gasteiger partial charge < -0.3 is 20.9 Å². The third-order valence-electron chi connectivity index (χ3n) is 6.38. The number of rotatable bonds is 4. The number of hydrogen-bond donors (Lipinski definition) is 3. The van der Waals surface area contributed by atoms with E-state index in [0.29, 0.717) is 30.6 Å². The zero-order chi connectivity index (χ0) is 19.7. The molecule has 0 spiro atoms. The number of nitrogens with two attached hydrogens (primary N) is 1. The largest absolute Gasteiger partial charge is 0.507 e. The Morgan fingerprint density at radius 2 is 1.90 bits per heavy atom. The Bertz CT molecular complexity index is 835. The van der Waals surface area contributed by atoms with E-state index in [1.807, 2.05) is 31.2 Å². The number of hydrogen-bond acceptors (Lipinski definition) is 4. The molecule has 166 valence electrons. The first-order valence-electron chi connectivity index (χ1n) is 10.2. The molecule has 0 aliphatic carbocycles. The molecule has 2 heterocycles. The summed E-state index contributed by atoms with van der Waals surface area (Å²) in [7, 11) is 0. The van der Waals surface area contributed by atoms with E-state index in [4.69, 9.17) is 10.5 Å². The minimum atomic E-state index is -0.203.